The number of rotatable bonds is 13. The molecule has 2 atom stereocenters. The zero-order valence-electron chi connectivity index (χ0n) is 27.0. The Morgan fingerprint density at radius 2 is 1.50 bits per heavy atom. The van der Waals surface area contributed by atoms with E-state index in [1.165, 1.54) is 9.21 Å². The van der Waals surface area contributed by atoms with Crippen LogP contribution in [0.5, 0.6) is 0 Å². The highest BCUT2D eigenvalue weighted by molar-refractivity contribution is 9.10. The lowest BCUT2D eigenvalue weighted by atomic mass is 10.0. The molecule has 2 unspecified atom stereocenters. The van der Waals surface area contributed by atoms with Crippen molar-refractivity contribution in [2.75, 3.05) is 10.8 Å². The zero-order chi connectivity index (χ0) is 33.4. The number of nitrogens with zero attached hydrogens (tertiary/aromatic N) is 2. The third kappa shape index (κ3) is 8.65. The normalized spacial score (nSPS) is 12.7. The number of anilines is 1. The predicted molar refractivity (Wildman–Crippen MR) is 188 cm³/mol. The first-order valence-electron chi connectivity index (χ1n) is 15.4. The van der Waals surface area contributed by atoms with Crippen molar-refractivity contribution in [3.63, 3.8) is 0 Å². The minimum absolute atomic E-state index is 0.0840. The first-order valence-corrected chi connectivity index (χ1v) is 17.7. The SMILES string of the molecule is CCC(C)NC(=O)C(Cc1ccccc1)N(Cc1cccc(Br)c1)C(=O)CN(c1cccc(C)c1C)S(=O)(=O)c1ccc(C)cc1. The van der Waals surface area contributed by atoms with Crippen LogP contribution < -0.4 is 9.62 Å². The van der Waals surface area contributed by atoms with Crippen molar-refractivity contribution in [3.05, 3.63) is 129 Å². The van der Waals surface area contributed by atoms with Crippen LogP contribution in [0.25, 0.3) is 0 Å². The minimum atomic E-state index is -4.17. The number of hydrogen-bond donors (Lipinski definition) is 1. The molecule has 0 bridgehead atoms. The summed E-state index contributed by atoms with van der Waals surface area (Å²) in [5, 5.41) is 3.07. The van der Waals surface area contributed by atoms with Gasteiger partial charge in [0, 0.05) is 23.5 Å². The van der Waals surface area contributed by atoms with Gasteiger partial charge in [-0.15, -0.1) is 0 Å². The van der Waals surface area contributed by atoms with Crippen LogP contribution in [0, 0.1) is 20.8 Å². The van der Waals surface area contributed by atoms with E-state index in [1.807, 2.05) is 95.3 Å². The lowest BCUT2D eigenvalue weighted by Gasteiger charge is -2.34. The van der Waals surface area contributed by atoms with Gasteiger partial charge in [-0.25, -0.2) is 8.42 Å². The second-order valence-corrected chi connectivity index (χ2v) is 14.5. The highest BCUT2D eigenvalue weighted by atomic mass is 79.9. The molecule has 0 fully saturated rings. The van der Waals surface area contributed by atoms with E-state index >= 15 is 0 Å². The maximum atomic E-state index is 14.7. The van der Waals surface area contributed by atoms with Crippen molar-refractivity contribution >= 4 is 43.5 Å². The highest BCUT2D eigenvalue weighted by Crippen LogP contribution is 2.29. The van der Waals surface area contributed by atoms with E-state index in [9.17, 15) is 18.0 Å². The molecule has 4 aromatic carbocycles. The van der Waals surface area contributed by atoms with Crippen LogP contribution in [-0.2, 0) is 32.6 Å². The van der Waals surface area contributed by atoms with Gasteiger partial charge in [0.05, 0.1) is 10.6 Å². The van der Waals surface area contributed by atoms with Crippen molar-refractivity contribution in [1.29, 1.82) is 0 Å². The Bertz CT molecular complexity index is 1760. The quantitative estimate of drug-likeness (QED) is 0.161. The molecule has 0 spiro atoms. The summed E-state index contributed by atoms with van der Waals surface area (Å²) in [4.78, 5) is 30.2. The number of carbonyl (C=O) groups is 2. The first kappa shape index (κ1) is 34.9. The molecule has 0 aliphatic rings. The summed E-state index contributed by atoms with van der Waals surface area (Å²) in [6, 6.07) is 28.1. The van der Waals surface area contributed by atoms with E-state index in [-0.39, 0.29) is 29.8 Å². The van der Waals surface area contributed by atoms with E-state index in [0.717, 1.165) is 38.7 Å². The number of carbonyl (C=O) groups excluding carboxylic acids is 2. The Morgan fingerprint density at radius 1 is 0.848 bits per heavy atom. The molecular weight excluding hydrogens is 662 g/mol. The highest BCUT2D eigenvalue weighted by Gasteiger charge is 2.35. The van der Waals surface area contributed by atoms with Crippen molar-refractivity contribution in [1.82, 2.24) is 10.2 Å². The van der Waals surface area contributed by atoms with Crippen LogP contribution in [0.2, 0.25) is 0 Å². The van der Waals surface area contributed by atoms with Crippen molar-refractivity contribution in [3.8, 4) is 0 Å². The summed E-state index contributed by atoms with van der Waals surface area (Å²) >= 11 is 3.52. The van der Waals surface area contributed by atoms with Gasteiger partial charge in [-0.05, 0) is 86.7 Å². The van der Waals surface area contributed by atoms with Gasteiger partial charge < -0.3 is 10.2 Å². The topological polar surface area (TPSA) is 86.8 Å². The van der Waals surface area contributed by atoms with Gasteiger partial charge in [0.25, 0.3) is 10.0 Å². The molecule has 4 aromatic rings. The Labute approximate surface area is 281 Å². The Balaban J connectivity index is 1.84. The monoisotopic (exact) mass is 703 g/mol. The largest absolute Gasteiger partial charge is 0.352 e. The lowest BCUT2D eigenvalue weighted by molar-refractivity contribution is -0.140. The van der Waals surface area contributed by atoms with Crippen LogP contribution >= 0.6 is 15.9 Å². The molecule has 0 aromatic heterocycles. The summed E-state index contributed by atoms with van der Waals surface area (Å²) in [6.45, 7) is 9.18. The van der Waals surface area contributed by atoms with Crippen LogP contribution in [0.4, 0.5) is 5.69 Å². The van der Waals surface area contributed by atoms with Gasteiger partial charge >= 0.3 is 0 Å². The van der Waals surface area contributed by atoms with Crippen LogP contribution in [0.1, 0.15) is 48.1 Å². The third-order valence-electron chi connectivity index (χ3n) is 8.25. The van der Waals surface area contributed by atoms with E-state index in [2.05, 4.69) is 21.2 Å². The van der Waals surface area contributed by atoms with Gasteiger partial charge in [-0.2, -0.15) is 0 Å². The van der Waals surface area contributed by atoms with Gasteiger partial charge in [-0.3, -0.25) is 13.9 Å². The lowest BCUT2D eigenvalue weighted by Crippen LogP contribution is -2.54. The van der Waals surface area contributed by atoms with Crippen LogP contribution in [0.3, 0.4) is 0 Å². The van der Waals surface area contributed by atoms with E-state index in [0.29, 0.717) is 5.69 Å². The maximum absolute atomic E-state index is 14.7. The molecule has 1 N–H and O–H groups in total. The predicted octanol–water partition coefficient (Wildman–Crippen LogP) is 7.12. The Kier molecular flexibility index (Phi) is 11.8. The Morgan fingerprint density at radius 3 is 2.15 bits per heavy atom. The van der Waals surface area contributed by atoms with Crippen LogP contribution in [0.15, 0.2) is 106 Å². The summed E-state index contributed by atoms with van der Waals surface area (Å²) in [6.07, 6.45) is 0.982. The maximum Gasteiger partial charge on any atom is 0.264 e. The summed E-state index contributed by atoms with van der Waals surface area (Å²) in [7, 11) is -4.17. The molecule has 0 aliphatic carbocycles. The minimum Gasteiger partial charge on any atom is -0.352 e. The van der Waals surface area contributed by atoms with Gasteiger partial charge in [0.15, 0.2) is 0 Å². The molecule has 0 aliphatic heterocycles. The molecule has 242 valence electrons. The molecule has 0 saturated heterocycles. The number of halogens is 1. The Hall–Kier alpha value is -3.95. The van der Waals surface area contributed by atoms with Gasteiger partial charge in [0.2, 0.25) is 11.8 Å². The molecule has 4 rings (SSSR count). The standard InChI is InChI=1S/C37H42BrN3O4S/c1-6-28(4)39-37(43)35(23-30-13-8-7-9-14-30)40(24-31-15-11-16-32(38)22-31)36(42)25-41(34-17-10-12-27(3)29(34)5)46(44,45)33-20-18-26(2)19-21-33/h7-22,28,35H,6,23-25H2,1-5H3,(H,39,43). The van der Waals surface area contributed by atoms with Crippen molar-refractivity contribution < 1.29 is 18.0 Å². The van der Waals surface area contributed by atoms with E-state index in [4.69, 9.17) is 0 Å². The second-order valence-electron chi connectivity index (χ2n) is 11.7. The summed E-state index contributed by atoms with van der Waals surface area (Å²) in [5.74, 6) is -0.780. The van der Waals surface area contributed by atoms with E-state index < -0.39 is 28.5 Å². The first-order chi connectivity index (χ1) is 21.9. The van der Waals surface area contributed by atoms with E-state index in [1.54, 1.807) is 36.4 Å². The molecule has 7 nitrogen and oxygen atoms in total. The number of amides is 2. The number of nitrogens with one attached hydrogen (secondary N) is 1. The number of aryl methyl sites for hydroxylation is 2. The number of benzene rings is 4. The smallest absolute Gasteiger partial charge is 0.264 e. The molecule has 2 amide bonds. The fourth-order valence-corrected chi connectivity index (χ4v) is 7.10. The number of hydrogen-bond acceptors (Lipinski definition) is 4. The van der Waals surface area contributed by atoms with Crippen molar-refractivity contribution in [2.45, 2.75) is 71.0 Å². The molecule has 46 heavy (non-hydrogen) atoms. The second kappa shape index (κ2) is 15.6. The van der Waals surface area contributed by atoms with Gasteiger partial charge in [-0.1, -0.05) is 95.1 Å². The third-order valence-corrected chi connectivity index (χ3v) is 10.5. The van der Waals surface area contributed by atoms with Crippen LogP contribution in [-0.4, -0.2) is 43.8 Å². The molecule has 0 saturated carbocycles. The molecule has 0 radical (unpaired) electrons. The molecular formula is C37H42BrN3O4S. The average molecular weight is 705 g/mol. The van der Waals surface area contributed by atoms with Gasteiger partial charge in [0.1, 0.15) is 12.6 Å². The molecule has 0 heterocycles. The molecule has 9 heteroatoms. The van der Waals surface area contributed by atoms with Crippen molar-refractivity contribution in [2.24, 2.45) is 0 Å². The summed E-state index contributed by atoms with van der Waals surface area (Å²) < 4.78 is 30.7. The zero-order valence-corrected chi connectivity index (χ0v) is 29.4. The average Bonchev–Trinajstić information content (AvgIpc) is 3.03. The number of sulfonamides is 1. The summed E-state index contributed by atoms with van der Waals surface area (Å²) in [5.41, 5.74) is 4.67. The fraction of sp³-hybridized carbons (Fsp3) is 0.297. The fourth-order valence-electron chi connectivity index (χ4n) is 5.18.